The van der Waals surface area contributed by atoms with E-state index in [2.05, 4.69) is 61.3 Å². The summed E-state index contributed by atoms with van der Waals surface area (Å²) in [6.45, 7) is 16.2. The van der Waals surface area contributed by atoms with Gasteiger partial charge < -0.3 is 4.74 Å². The molecule has 3 aliphatic rings. The van der Waals surface area contributed by atoms with Crippen LogP contribution in [0, 0.1) is 41.9 Å². The van der Waals surface area contributed by atoms with E-state index in [0.717, 1.165) is 43.4 Å². The molecule has 2 heteroatoms. The molecule has 0 aromatic rings. The molecule has 2 aliphatic carbocycles. The zero-order valence-electron chi connectivity index (χ0n) is 21.1. The molecule has 3 fully saturated rings. The lowest BCUT2D eigenvalue weighted by atomic mass is 9.76. The Balaban J connectivity index is 0.000000336. The number of carbonyl (C=O) groups excluding carboxylic acids is 1. The lowest BCUT2D eigenvalue weighted by molar-refractivity contribution is -0.123. The van der Waals surface area contributed by atoms with Crippen LogP contribution in [0.5, 0.6) is 0 Å². The number of hydrogen-bond donors (Lipinski definition) is 0. The van der Waals surface area contributed by atoms with Crippen molar-refractivity contribution >= 4 is 5.78 Å². The van der Waals surface area contributed by atoms with Crippen LogP contribution in [-0.2, 0) is 9.53 Å². The van der Waals surface area contributed by atoms with Crippen molar-refractivity contribution in [3.63, 3.8) is 0 Å². The van der Waals surface area contributed by atoms with Crippen LogP contribution in [0.1, 0.15) is 119 Å². The first-order valence-electron chi connectivity index (χ1n) is 12.6. The highest BCUT2D eigenvalue weighted by Crippen LogP contribution is 2.48. The Bertz CT molecular complexity index is 534. The maximum absolute atomic E-state index is 12.4. The van der Waals surface area contributed by atoms with Crippen LogP contribution in [0.3, 0.4) is 0 Å². The van der Waals surface area contributed by atoms with Crippen molar-refractivity contribution in [2.24, 2.45) is 29.1 Å². The summed E-state index contributed by atoms with van der Waals surface area (Å²) in [6, 6.07) is 0. The van der Waals surface area contributed by atoms with Crippen molar-refractivity contribution in [3.05, 3.63) is 0 Å². The molecule has 0 N–H and O–H groups in total. The highest BCUT2D eigenvalue weighted by molar-refractivity contribution is 5.81. The fourth-order valence-corrected chi connectivity index (χ4v) is 5.16. The van der Waals surface area contributed by atoms with Crippen LogP contribution in [0.2, 0.25) is 0 Å². The molecule has 6 atom stereocenters. The molecular weight excluding hydrogens is 368 g/mol. The van der Waals surface area contributed by atoms with Crippen LogP contribution in [-0.4, -0.2) is 17.5 Å². The number of rotatable bonds is 6. The third kappa shape index (κ3) is 8.37. The van der Waals surface area contributed by atoms with Crippen molar-refractivity contribution < 1.29 is 9.53 Å². The second-order valence-electron chi connectivity index (χ2n) is 11.4. The molecule has 3 rings (SSSR count). The molecule has 0 radical (unpaired) electrons. The Kier molecular flexibility index (Phi) is 11.1. The van der Waals surface area contributed by atoms with Gasteiger partial charge in [0.05, 0.1) is 11.7 Å². The van der Waals surface area contributed by atoms with Crippen molar-refractivity contribution in [1.29, 1.82) is 0 Å². The fourth-order valence-electron chi connectivity index (χ4n) is 5.16. The van der Waals surface area contributed by atoms with Gasteiger partial charge in [0.25, 0.3) is 0 Å². The van der Waals surface area contributed by atoms with Gasteiger partial charge >= 0.3 is 0 Å². The van der Waals surface area contributed by atoms with E-state index < -0.39 is 0 Å². The van der Waals surface area contributed by atoms with Crippen molar-refractivity contribution in [1.82, 2.24) is 0 Å². The van der Waals surface area contributed by atoms with E-state index in [9.17, 15) is 4.79 Å². The van der Waals surface area contributed by atoms with E-state index in [4.69, 9.17) is 4.74 Å². The molecule has 0 bridgehead atoms. The van der Waals surface area contributed by atoms with Crippen molar-refractivity contribution in [2.75, 3.05) is 0 Å². The molecule has 6 unspecified atom stereocenters. The monoisotopic (exact) mass is 418 g/mol. The Labute approximate surface area is 188 Å². The maximum Gasteiger partial charge on any atom is 0.135 e. The van der Waals surface area contributed by atoms with E-state index in [-0.39, 0.29) is 0 Å². The summed E-state index contributed by atoms with van der Waals surface area (Å²) in [6.07, 6.45) is 21.7. The van der Waals surface area contributed by atoms with E-state index in [1.807, 2.05) is 0 Å². The van der Waals surface area contributed by atoms with Crippen LogP contribution in [0.4, 0.5) is 0 Å². The third-order valence-electron chi connectivity index (χ3n) is 8.33. The zero-order valence-corrected chi connectivity index (χ0v) is 21.1. The van der Waals surface area contributed by atoms with Gasteiger partial charge in [-0.2, -0.15) is 0 Å². The van der Waals surface area contributed by atoms with E-state index in [1.54, 1.807) is 0 Å². The molecule has 174 valence electrons. The Morgan fingerprint density at radius 3 is 2.27 bits per heavy atom. The summed E-state index contributed by atoms with van der Waals surface area (Å²) in [5.74, 6) is 3.29. The van der Waals surface area contributed by atoms with Gasteiger partial charge in [-0.1, -0.05) is 54.4 Å². The maximum atomic E-state index is 12.4. The van der Waals surface area contributed by atoms with E-state index in [1.165, 1.54) is 44.9 Å². The first-order chi connectivity index (χ1) is 14.1. The Morgan fingerprint density at radius 1 is 1.03 bits per heavy atom. The lowest BCUT2D eigenvalue weighted by Gasteiger charge is -2.29. The predicted octanol–water partition coefficient (Wildman–Crippen LogP) is 7.84. The summed E-state index contributed by atoms with van der Waals surface area (Å²) in [5.41, 5.74) is 0.747. The highest BCUT2D eigenvalue weighted by atomic mass is 16.6. The number of Topliss-reactive ketones (excluding diaryl/α,β-unsaturated/α-hetero) is 1. The minimum absolute atomic E-state index is 0.326. The van der Waals surface area contributed by atoms with Crippen LogP contribution < -0.4 is 0 Å². The number of terminal acetylenes is 1. The molecular formula is C28H50O2. The quantitative estimate of drug-likeness (QED) is 0.250. The average Bonchev–Trinajstić information content (AvgIpc) is 3.40. The van der Waals surface area contributed by atoms with Crippen molar-refractivity contribution in [2.45, 2.75) is 131 Å². The van der Waals surface area contributed by atoms with Crippen molar-refractivity contribution in [3.8, 4) is 12.8 Å². The predicted molar refractivity (Wildman–Crippen MR) is 129 cm³/mol. The Hall–Kier alpha value is -0.810. The number of ketones is 1. The molecule has 0 aromatic carbocycles. The number of ether oxygens (including phenoxy) is 1. The molecule has 0 amide bonds. The number of carbonyl (C=O) groups is 1. The van der Waals surface area contributed by atoms with E-state index in [0.29, 0.717) is 28.8 Å². The fraction of sp³-hybridized carbons (Fsp3) is 0.893. The second-order valence-corrected chi connectivity index (χ2v) is 11.4. The summed E-state index contributed by atoms with van der Waals surface area (Å²) >= 11 is 0. The first-order valence-corrected chi connectivity index (χ1v) is 12.6. The van der Waals surface area contributed by atoms with Gasteiger partial charge in [0.2, 0.25) is 0 Å². The number of epoxide rings is 1. The summed E-state index contributed by atoms with van der Waals surface area (Å²) in [7, 11) is 0. The second kappa shape index (κ2) is 12.3. The molecule has 2 nitrogen and oxygen atoms in total. The number of hydrogen-bond acceptors (Lipinski definition) is 2. The van der Waals surface area contributed by atoms with Crippen LogP contribution in [0.15, 0.2) is 0 Å². The smallest absolute Gasteiger partial charge is 0.135 e. The first kappa shape index (κ1) is 27.2. The largest absolute Gasteiger partial charge is 0.366 e. The Morgan fingerprint density at radius 2 is 1.70 bits per heavy atom. The normalized spacial score (nSPS) is 35.2. The molecule has 1 saturated heterocycles. The van der Waals surface area contributed by atoms with Gasteiger partial charge in [0.1, 0.15) is 5.78 Å². The molecule has 30 heavy (non-hydrogen) atoms. The average molecular weight is 419 g/mol. The van der Waals surface area contributed by atoms with E-state index >= 15 is 0 Å². The van der Waals surface area contributed by atoms with Gasteiger partial charge in [-0.15, -0.1) is 12.8 Å². The topological polar surface area (TPSA) is 29.6 Å². The third-order valence-corrected chi connectivity index (χ3v) is 8.33. The van der Waals surface area contributed by atoms with Gasteiger partial charge in [-0.25, -0.2) is 0 Å². The minimum atomic E-state index is 0.326. The van der Waals surface area contributed by atoms with Gasteiger partial charge in [0, 0.05) is 12.3 Å². The SMILES string of the molecule is C#C.CC1CCC2(C)OC2C1.CCCC(C)CCC(=O)C1CCC(C)C(C)(C)CC1. The number of fused-ring (bicyclic) bond motifs is 1. The summed E-state index contributed by atoms with van der Waals surface area (Å²) in [4.78, 5) is 12.4. The molecule has 2 saturated carbocycles. The minimum Gasteiger partial charge on any atom is -0.366 e. The van der Waals surface area contributed by atoms with Gasteiger partial charge in [-0.05, 0) is 81.5 Å². The summed E-state index contributed by atoms with van der Waals surface area (Å²) in [5, 5.41) is 0. The van der Waals surface area contributed by atoms with Crippen LogP contribution in [0.25, 0.3) is 0 Å². The highest BCUT2D eigenvalue weighted by Gasteiger charge is 2.54. The molecule has 0 aromatic heterocycles. The molecule has 1 heterocycles. The summed E-state index contributed by atoms with van der Waals surface area (Å²) < 4.78 is 5.54. The molecule has 1 aliphatic heterocycles. The zero-order chi connectivity index (χ0) is 22.9. The molecule has 0 spiro atoms. The van der Waals surface area contributed by atoms with Gasteiger partial charge in [-0.3, -0.25) is 4.79 Å². The lowest BCUT2D eigenvalue weighted by Crippen LogP contribution is -2.19. The standard InChI is InChI=1S/C18H34O.C8H14O.C2H2/c1-6-7-14(2)8-11-17(19)16-10-9-15(3)18(4,5)13-12-16;1-6-3-4-8(2)7(5-6)9-8;1-2/h14-16H,6-13H2,1-5H3;6-7H,3-5H2,1-2H3;1-2H. The van der Waals surface area contributed by atoms with Gasteiger partial charge in [0.15, 0.2) is 0 Å². The van der Waals surface area contributed by atoms with Crippen LogP contribution >= 0.6 is 0 Å².